The first-order chi connectivity index (χ1) is 8.22. The topological polar surface area (TPSA) is 63.2 Å². The molecule has 0 fully saturated rings. The molecule has 0 bridgehead atoms. The second-order valence-electron chi connectivity index (χ2n) is 3.22. The molecule has 6 heteroatoms. The van der Waals surface area contributed by atoms with Crippen LogP contribution in [0, 0.1) is 0 Å². The molecule has 0 saturated carbocycles. The van der Waals surface area contributed by atoms with Crippen LogP contribution in [-0.2, 0) is 4.74 Å². The fraction of sp³-hybridized carbons (Fsp3) is 0.364. The summed E-state index contributed by atoms with van der Waals surface area (Å²) in [7, 11) is 4.21. The molecule has 92 valence electrons. The molecular formula is C11H12O6. The van der Waals surface area contributed by atoms with E-state index in [4.69, 9.17) is 18.9 Å². The van der Waals surface area contributed by atoms with E-state index in [1.807, 2.05) is 0 Å². The number of fused-ring (bicyclic) bond motifs is 1. The third-order valence-corrected chi connectivity index (χ3v) is 2.39. The van der Waals surface area contributed by atoms with Crippen LogP contribution >= 0.6 is 0 Å². The number of carbonyl (C=O) groups excluding carboxylic acids is 1. The fourth-order valence-electron chi connectivity index (χ4n) is 1.63. The van der Waals surface area contributed by atoms with Crippen molar-refractivity contribution in [3.05, 3.63) is 11.6 Å². The van der Waals surface area contributed by atoms with Crippen LogP contribution < -0.4 is 18.9 Å². The summed E-state index contributed by atoms with van der Waals surface area (Å²) in [6.07, 6.45) is 0. The van der Waals surface area contributed by atoms with Gasteiger partial charge in [-0.25, -0.2) is 4.79 Å². The maximum atomic E-state index is 11.6. The number of carbonyl (C=O) groups is 1. The van der Waals surface area contributed by atoms with Gasteiger partial charge in [0, 0.05) is 6.07 Å². The van der Waals surface area contributed by atoms with Crippen molar-refractivity contribution in [2.75, 3.05) is 28.1 Å². The summed E-state index contributed by atoms with van der Waals surface area (Å²) in [5, 5.41) is 0. The molecule has 0 spiro atoms. The van der Waals surface area contributed by atoms with Crippen LogP contribution in [0.1, 0.15) is 10.4 Å². The van der Waals surface area contributed by atoms with Crippen LogP contribution in [0.4, 0.5) is 0 Å². The lowest BCUT2D eigenvalue weighted by atomic mass is 10.1. The van der Waals surface area contributed by atoms with Gasteiger partial charge in [-0.2, -0.15) is 0 Å². The first-order valence-corrected chi connectivity index (χ1v) is 4.85. The van der Waals surface area contributed by atoms with Crippen LogP contribution in [0.15, 0.2) is 6.07 Å². The molecule has 0 aliphatic carbocycles. The molecule has 1 aliphatic rings. The van der Waals surface area contributed by atoms with E-state index >= 15 is 0 Å². The summed E-state index contributed by atoms with van der Waals surface area (Å²) in [4.78, 5) is 11.6. The van der Waals surface area contributed by atoms with Crippen molar-refractivity contribution in [1.29, 1.82) is 0 Å². The Balaban J connectivity index is 2.63. The Bertz CT molecular complexity index is 454. The maximum absolute atomic E-state index is 11.6. The Morgan fingerprint density at radius 3 is 2.47 bits per heavy atom. The zero-order valence-corrected chi connectivity index (χ0v) is 9.73. The lowest BCUT2D eigenvalue weighted by Gasteiger charge is -2.12. The fourth-order valence-corrected chi connectivity index (χ4v) is 1.63. The third kappa shape index (κ3) is 1.71. The average molecular weight is 240 g/mol. The molecule has 0 unspecified atom stereocenters. The lowest BCUT2D eigenvalue weighted by molar-refractivity contribution is 0.0596. The number of hydrogen-bond acceptors (Lipinski definition) is 6. The van der Waals surface area contributed by atoms with Gasteiger partial charge in [-0.3, -0.25) is 0 Å². The van der Waals surface area contributed by atoms with E-state index in [0.717, 1.165) is 0 Å². The predicted octanol–water partition coefficient (Wildman–Crippen LogP) is 1.22. The summed E-state index contributed by atoms with van der Waals surface area (Å²) in [6, 6.07) is 1.50. The minimum atomic E-state index is -0.529. The Morgan fingerprint density at radius 1 is 1.18 bits per heavy atom. The summed E-state index contributed by atoms with van der Waals surface area (Å²) in [5.74, 6) is 0.937. The Morgan fingerprint density at radius 2 is 1.88 bits per heavy atom. The minimum absolute atomic E-state index is 0.0622. The van der Waals surface area contributed by atoms with Gasteiger partial charge < -0.3 is 23.7 Å². The standard InChI is InChI=1S/C11H12O6/c1-13-7-4-6(11(12)15-3)8(14-2)10-9(7)16-5-17-10/h4H,5H2,1-3H3. The van der Waals surface area contributed by atoms with Gasteiger partial charge in [-0.15, -0.1) is 0 Å². The molecule has 17 heavy (non-hydrogen) atoms. The quantitative estimate of drug-likeness (QED) is 0.740. The van der Waals surface area contributed by atoms with Crippen molar-refractivity contribution in [2.45, 2.75) is 0 Å². The minimum Gasteiger partial charge on any atom is -0.493 e. The Labute approximate surface area is 98.0 Å². The first kappa shape index (κ1) is 11.4. The highest BCUT2D eigenvalue weighted by Gasteiger charge is 2.29. The largest absolute Gasteiger partial charge is 0.493 e. The van der Waals surface area contributed by atoms with Gasteiger partial charge >= 0.3 is 5.97 Å². The Hall–Kier alpha value is -2.11. The van der Waals surface area contributed by atoms with Crippen LogP contribution in [0.25, 0.3) is 0 Å². The van der Waals surface area contributed by atoms with Crippen LogP contribution in [-0.4, -0.2) is 34.1 Å². The van der Waals surface area contributed by atoms with E-state index in [-0.39, 0.29) is 18.1 Å². The molecule has 0 aromatic heterocycles. The van der Waals surface area contributed by atoms with E-state index < -0.39 is 5.97 Å². The molecule has 0 atom stereocenters. The molecule has 1 heterocycles. The first-order valence-electron chi connectivity index (χ1n) is 4.85. The molecule has 0 radical (unpaired) electrons. The number of benzene rings is 1. The van der Waals surface area contributed by atoms with Crippen LogP contribution in [0.2, 0.25) is 0 Å². The van der Waals surface area contributed by atoms with Gasteiger partial charge in [0.05, 0.1) is 21.3 Å². The van der Waals surface area contributed by atoms with Crippen molar-refractivity contribution in [3.63, 3.8) is 0 Å². The summed E-state index contributed by atoms with van der Waals surface area (Å²) < 4.78 is 25.5. The second kappa shape index (κ2) is 4.40. The van der Waals surface area contributed by atoms with Crippen molar-refractivity contribution < 1.29 is 28.5 Å². The molecule has 1 aliphatic heterocycles. The van der Waals surface area contributed by atoms with E-state index in [2.05, 4.69) is 4.74 Å². The number of rotatable bonds is 3. The number of esters is 1. The SMILES string of the molecule is COC(=O)c1cc(OC)c2c(c1OC)OCO2. The van der Waals surface area contributed by atoms with Crippen molar-refractivity contribution >= 4 is 5.97 Å². The number of hydrogen-bond donors (Lipinski definition) is 0. The summed E-state index contributed by atoms with van der Waals surface area (Å²) >= 11 is 0. The van der Waals surface area contributed by atoms with Crippen LogP contribution in [0.3, 0.4) is 0 Å². The monoisotopic (exact) mass is 240 g/mol. The van der Waals surface area contributed by atoms with Gasteiger partial charge in [0.2, 0.25) is 18.3 Å². The smallest absolute Gasteiger partial charge is 0.341 e. The summed E-state index contributed by atoms with van der Waals surface area (Å²) in [5.41, 5.74) is 0.233. The molecule has 0 saturated heterocycles. The molecule has 0 N–H and O–H groups in total. The highest BCUT2D eigenvalue weighted by molar-refractivity contribution is 5.95. The van der Waals surface area contributed by atoms with E-state index in [1.54, 1.807) is 0 Å². The normalized spacial score (nSPS) is 12.2. The highest BCUT2D eigenvalue weighted by Crippen LogP contribution is 2.49. The molecule has 6 nitrogen and oxygen atoms in total. The van der Waals surface area contributed by atoms with Crippen molar-refractivity contribution in [3.8, 4) is 23.0 Å². The average Bonchev–Trinajstić information content (AvgIpc) is 2.84. The molecule has 1 aromatic rings. The Kier molecular flexibility index (Phi) is 2.95. The maximum Gasteiger partial charge on any atom is 0.341 e. The lowest BCUT2D eigenvalue weighted by Crippen LogP contribution is -2.05. The van der Waals surface area contributed by atoms with Crippen molar-refractivity contribution in [1.82, 2.24) is 0 Å². The zero-order chi connectivity index (χ0) is 12.4. The third-order valence-electron chi connectivity index (χ3n) is 2.39. The molecular weight excluding hydrogens is 228 g/mol. The van der Waals surface area contributed by atoms with E-state index in [1.165, 1.54) is 27.4 Å². The van der Waals surface area contributed by atoms with Crippen LogP contribution in [0.5, 0.6) is 23.0 Å². The number of ether oxygens (including phenoxy) is 5. The van der Waals surface area contributed by atoms with Crippen molar-refractivity contribution in [2.24, 2.45) is 0 Å². The molecule has 2 rings (SSSR count). The van der Waals surface area contributed by atoms with E-state index in [0.29, 0.717) is 17.2 Å². The second-order valence-corrected chi connectivity index (χ2v) is 3.22. The summed E-state index contributed by atoms with van der Waals surface area (Å²) in [6.45, 7) is 0.0622. The van der Waals surface area contributed by atoms with Gasteiger partial charge in [0.15, 0.2) is 11.5 Å². The van der Waals surface area contributed by atoms with Gasteiger partial charge in [-0.1, -0.05) is 0 Å². The highest BCUT2D eigenvalue weighted by atomic mass is 16.7. The van der Waals surface area contributed by atoms with Gasteiger partial charge in [0.1, 0.15) is 5.56 Å². The van der Waals surface area contributed by atoms with Gasteiger partial charge in [-0.05, 0) is 0 Å². The number of methoxy groups -OCH3 is 3. The predicted molar refractivity (Wildman–Crippen MR) is 57.0 cm³/mol. The van der Waals surface area contributed by atoms with Gasteiger partial charge in [0.25, 0.3) is 0 Å². The molecule has 1 aromatic carbocycles. The zero-order valence-electron chi connectivity index (χ0n) is 9.73. The van der Waals surface area contributed by atoms with E-state index in [9.17, 15) is 4.79 Å². The molecule has 0 amide bonds.